The van der Waals surface area contributed by atoms with E-state index in [1.165, 1.54) is 31.4 Å². The highest BCUT2D eigenvalue weighted by atomic mass is 19.1. The van der Waals surface area contributed by atoms with Crippen molar-refractivity contribution < 1.29 is 9.18 Å². The van der Waals surface area contributed by atoms with Crippen LogP contribution in [0, 0.1) is 18.7 Å². The summed E-state index contributed by atoms with van der Waals surface area (Å²) in [5, 5.41) is 0. The number of carbonyl (C=O) groups excluding carboxylic acids is 1. The number of aromatic nitrogens is 2. The van der Waals surface area contributed by atoms with E-state index in [2.05, 4.69) is 15.7 Å². The van der Waals surface area contributed by atoms with Gasteiger partial charge in [0.15, 0.2) is 0 Å². The summed E-state index contributed by atoms with van der Waals surface area (Å²) in [4.78, 5) is 19.4. The second kappa shape index (κ2) is 7.22. The number of aryl methyl sites for hydroxylation is 1. The van der Waals surface area contributed by atoms with Crippen molar-refractivity contribution in [1.82, 2.24) is 14.5 Å². The van der Waals surface area contributed by atoms with Gasteiger partial charge in [-0.05, 0) is 56.2 Å². The number of hydrogen-bond acceptors (Lipinski definition) is 2. The maximum atomic E-state index is 13.6. The van der Waals surface area contributed by atoms with Gasteiger partial charge < -0.3 is 9.47 Å². The van der Waals surface area contributed by atoms with Crippen LogP contribution in [0.4, 0.5) is 4.39 Å². The van der Waals surface area contributed by atoms with E-state index in [9.17, 15) is 9.18 Å². The summed E-state index contributed by atoms with van der Waals surface area (Å²) in [6.07, 6.45) is 9.93. The Morgan fingerprint density at radius 2 is 2.12 bits per heavy atom. The SMILES string of the molecule is Cc1ccc(F)cc1C(=O)N1CCC[C@@H](c2nccn2CC2CCC2)C1. The normalized spacial score (nSPS) is 20.8. The Hall–Kier alpha value is -2.17. The first-order valence-corrected chi connectivity index (χ1v) is 9.68. The molecule has 2 heterocycles. The lowest BCUT2D eigenvalue weighted by Gasteiger charge is -2.34. The van der Waals surface area contributed by atoms with Gasteiger partial charge in [0.2, 0.25) is 0 Å². The summed E-state index contributed by atoms with van der Waals surface area (Å²) < 4.78 is 15.9. The highest BCUT2D eigenvalue weighted by Gasteiger charge is 2.29. The third kappa shape index (κ3) is 3.39. The number of nitrogens with zero attached hydrogens (tertiary/aromatic N) is 3. The van der Waals surface area contributed by atoms with Crippen molar-refractivity contribution in [2.75, 3.05) is 13.1 Å². The molecule has 138 valence electrons. The molecule has 1 aromatic heterocycles. The smallest absolute Gasteiger partial charge is 0.254 e. The third-order valence-electron chi connectivity index (χ3n) is 5.93. The predicted molar refractivity (Wildman–Crippen MR) is 98.6 cm³/mol. The highest BCUT2D eigenvalue weighted by Crippen LogP contribution is 2.31. The average Bonchev–Trinajstić information content (AvgIpc) is 3.08. The molecule has 1 saturated carbocycles. The van der Waals surface area contributed by atoms with Crippen molar-refractivity contribution in [1.29, 1.82) is 0 Å². The van der Waals surface area contributed by atoms with Crippen LogP contribution in [0.15, 0.2) is 30.6 Å². The second-order valence-electron chi connectivity index (χ2n) is 7.78. The molecule has 0 bridgehead atoms. The fourth-order valence-electron chi connectivity index (χ4n) is 4.16. The molecule has 1 atom stereocenters. The summed E-state index contributed by atoms with van der Waals surface area (Å²) in [6.45, 7) is 4.30. The topological polar surface area (TPSA) is 38.1 Å². The molecule has 1 amide bonds. The van der Waals surface area contributed by atoms with Gasteiger partial charge in [-0.15, -0.1) is 0 Å². The maximum absolute atomic E-state index is 13.6. The van der Waals surface area contributed by atoms with Crippen molar-refractivity contribution in [2.24, 2.45) is 5.92 Å². The van der Waals surface area contributed by atoms with E-state index in [0.29, 0.717) is 12.1 Å². The van der Waals surface area contributed by atoms with E-state index < -0.39 is 0 Å². The Morgan fingerprint density at radius 3 is 2.88 bits per heavy atom. The lowest BCUT2D eigenvalue weighted by molar-refractivity contribution is 0.0701. The molecular formula is C21H26FN3O. The predicted octanol–water partition coefficient (Wildman–Crippen LogP) is 4.15. The highest BCUT2D eigenvalue weighted by molar-refractivity contribution is 5.95. The van der Waals surface area contributed by atoms with Gasteiger partial charge in [0.1, 0.15) is 11.6 Å². The molecular weight excluding hydrogens is 329 g/mol. The Kier molecular flexibility index (Phi) is 4.79. The van der Waals surface area contributed by atoms with Crippen LogP contribution < -0.4 is 0 Å². The van der Waals surface area contributed by atoms with Crippen LogP contribution in [-0.2, 0) is 6.54 Å². The number of rotatable bonds is 4. The number of carbonyl (C=O) groups is 1. The maximum Gasteiger partial charge on any atom is 0.254 e. The summed E-state index contributed by atoms with van der Waals surface area (Å²) >= 11 is 0. The van der Waals surface area contributed by atoms with Crippen molar-refractivity contribution in [2.45, 2.75) is 51.5 Å². The number of halogens is 1. The quantitative estimate of drug-likeness (QED) is 0.826. The summed E-state index contributed by atoms with van der Waals surface area (Å²) in [5.74, 6) is 1.72. The molecule has 1 aliphatic heterocycles. The summed E-state index contributed by atoms with van der Waals surface area (Å²) in [7, 11) is 0. The van der Waals surface area contributed by atoms with E-state index in [4.69, 9.17) is 0 Å². The van der Waals surface area contributed by atoms with Gasteiger partial charge in [0.25, 0.3) is 5.91 Å². The number of imidazole rings is 1. The van der Waals surface area contributed by atoms with Crippen molar-refractivity contribution in [3.63, 3.8) is 0 Å². The molecule has 0 spiro atoms. The van der Waals surface area contributed by atoms with Crippen LogP contribution in [0.2, 0.25) is 0 Å². The zero-order valence-corrected chi connectivity index (χ0v) is 15.3. The molecule has 2 aliphatic rings. The lowest BCUT2D eigenvalue weighted by Crippen LogP contribution is -2.40. The van der Waals surface area contributed by atoms with Gasteiger partial charge in [-0.3, -0.25) is 4.79 Å². The molecule has 1 aromatic carbocycles. The molecule has 1 saturated heterocycles. The number of likely N-dealkylation sites (tertiary alicyclic amines) is 1. The van der Waals surface area contributed by atoms with Gasteiger partial charge in [0.05, 0.1) is 0 Å². The van der Waals surface area contributed by atoms with Crippen molar-refractivity contribution >= 4 is 5.91 Å². The largest absolute Gasteiger partial charge is 0.338 e. The first-order chi connectivity index (χ1) is 12.6. The van der Waals surface area contributed by atoms with Gasteiger partial charge in [-0.2, -0.15) is 0 Å². The zero-order chi connectivity index (χ0) is 18.1. The average molecular weight is 355 g/mol. The van der Waals surface area contributed by atoms with Crippen LogP contribution in [-0.4, -0.2) is 33.4 Å². The molecule has 4 rings (SSSR count). The minimum Gasteiger partial charge on any atom is -0.338 e. The third-order valence-corrected chi connectivity index (χ3v) is 5.93. The number of hydrogen-bond donors (Lipinski definition) is 0. The molecule has 2 aromatic rings. The number of amides is 1. The molecule has 0 radical (unpaired) electrons. The minimum atomic E-state index is -0.358. The Morgan fingerprint density at radius 1 is 1.27 bits per heavy atom. The van der Waals surface area contributed by atoms with Crippen LogP contribution in [0.3, 0.4) is 0 Å². The first-order valence-electron chi connectivity index (χ1n) is 9.68. The molecule has 2 fully saturated rings. The van der Waals surface area contributed by atoms with Gasteiger partial charge in [0, 0.05) is 43.5 Å². The second-order valence-corrected chi connectivity index (χ2v) is 7.78. The van der Waals surface area contributed by atoms with E-state index in [1.807, 2.05) is 18.0 Å². The molecule has 0 unspecified atom stereocenters. The van der Waals surface area contributed by atoms with Crippen LogP contribution in [0.1, 0.15) is 59.8 Å². The fourth-order valence-corrected chi connectivity index (χ4v) is 4.16. The standard InChI is InChI=1S/C21H26FN3O/c1-15-7-8-18(22)12-19(15)21(26)25-10-3-6-17(14-25)20-23-9-11-24(20)13-16-4-2-5-16/h7-9,11-12,16-17H,2-6,10,13-14H2,1H3/t17-/m1/s1. The Bertz CT molecular complexity index is 796. The molecule has 0 N–H and O–H groups in total. The summed E-state index contributed by atoms with van der Waals surface area (Å²) in [6, 6.07) is 4.44. The Balaban J connectivity index is 1.50. The van der Waals surface area contributed by atoms with Crippen LogP contribution >= 0.6 is 0 Å². The lowest BCUT2D eigenvalue weighted by atomic mass is 9.85. The fraction of sp³-hybridized carbons (Fsp3) is 0.524. The van der Waals surface area contributed by atoms with Gasteiger partial charge in [-0.25, -0.2) is 9.37 Å². The van der Waals surface area contributed by atoms with E-state index in [0.717, 1.165) is 43.2 Å². The molecule has 1 aliphatic carbocycles. The van der Waals surface area contributed by atoms with Crippen LogP contribution in [0.25, 0.3) is 0 Å². The monoisotopic (exact) mass is 355 g/mol. The van der Waals surface area contributed by atoms with E-state index >= 15 is 0 Å². The van der Waals surface area contributed by atoms with Crippen molar-refractivity contribution in [3.05, 3.63) is 53.4 Å². The molecule has 5 heteroatoms. The van der Waals surface area contributed by atoms with Crippen molar-refractivity contribution in [3.8, 4) is 0 Å². The zero-order valence-electron chi connectivity index (χ0n) is 15.3. The molecule has 4 nitrogen and oxygen atoms in total. The van der Waals surface area contributed by atoms with Gasteiger partial charge in [-0.1, -0.05) is 12.5 Å². The minimum absolute atomic E-state index is 0.0659. The first kappa shape index (κ1) is 17.3. The van der Waals surface area contributed by atoms with Crippen LogP contribution in [0.5, 0.6) is 0 Å². The Labute approximate surface area is 154 Å². The van der Waals surface area contributed by atoms with E-state index in [-0.39, 0.29) is 17.6 Å². The number of benzene rings is 1. The van der Waals surface area contributed by atoms with Gasteiger partial charge >= 0.3 is 0 Å². The van der Waals surface area contributed by atoms with E-state index in [1.54, 1.807) is 6.07 Å². The summed E-state index contributed by atoms with van der Waals surface area (Å²) in [5.41, 5.74) is 1.30. The molecule has 26 heavy (non-hydrogen) atoms. The number of piperidine rings is 1.